The molecule has 1 fully saturated rings. The van der Waals surface area contributed by atoms with Crippen molar-refractivity contribution in [2.24, 2.45) is 10.3 Å². The molecule has 2 aromatic carbocycles. The largest absolute Gasteiger partial charge is 0.271 e. The van der Waals surface area contributed by atoms with E-state index < -0.39 is 12.1 Å². The summed E-state index contributed by atoms with van der Waals surface area (Å²) in [5, 5.41) is 9.34. The maximum Gasteiger partial charge on any atom is 0.263 e. The monoisotopic (exact) mass is 324 g/mol. The molecular formula is C17H13FN4O2. The average molecular weight is 324 g/mol. The Morgan fingerprint density at radius 2 is 1.79 bits per heavy atom. The van der Waals surface area contributed by atoms with Gasteiger partial charge in [0.1, 0.15) is 5.82 Å². The van der Waals surface area contributed by atoms with Crippen molar-refractivity contribution in [3.05, 3.63) is 66.0 Å². The molecule has 2 aliphatic heterocycles. The van der Waals surface area contributed by atoms with Crippen LogP contribution < -0.4 is 4.90 Å². The van der Waals surface area contributed by atoms with Gasteiger partial charge >= 0.3 is 0 Å². The predicted molar refractivity (Wildman–Crippen MR) is 83.3 cm³/mol. The molecule has 2 aromatic rings. The molecule has 0 saturated carbocycles. The Kier molecular flexibility index (Phi) is 3.34. The lowest BCUT2D eigenvalue weighted by Gasteiger charge is -2.20. The highest BCUT2D eigenvalue weighted by Gasteiger charge is 2.54. The summed E-state index contributed by atoms with van der Waals surface area (Å²) in [6.07, 6.45) is 0. The first-order chi connectivity index (χ1) is 11.6. The van der Waals surface area contributed by atoms with Gasteiger partial charge in [-0.05, 0) is 29.8 Å². The van der Waals surface area contributed by atoms with Gasteiger partial charge in [-0.1, -0.05) is 35.6 Å². The number of imide groups is 1. The average Bonchev–Trinajstić information content (AvgIpc) is 3.09. The van der Waals surface area contributed by atoms with Crippen molar-refractivity contribution in [3.63, 3.8) is 0 Å². The first-order valence-electron chi connectivity index (χ1n) is 7.50. The molecule has 7 heteroatoms. The third-order valence-electron chi connectivity index (χ3n) is 4.11. The van der Waals surface area contributed by atoms with Gasteiger partial charge in [0.2, 0.25) is 0 Å². The van der Waals surface area contributed by atoms with Crippen LogP contribution in [0.3, 0.4) is 0 Å². The summed E-state index contributed by atoms with van der Waals surface area (Å²) in [6, 6.07) is 13.2. The molecule has 0 aromatic heterocycles. The smallest absolute Gasteiger partial charge is 0.263 e. The standard InChI is InChI=1S/C17H13FN4O2/c18-12-6-4-5-11(9-12)10-21-15-14(19-20-21)16(23)22(17(15)24)13-7-2-1-3-8-13/h1-9,14-15H,10H2. The highest BCUT2D eigenvalue weighted by Crippen LogP contribution is 2.32. The Labute approximate surface area is 137 Å². The number of hydrogen-bond donors (Lipinski definition) is 0. The number of fused-ring (bicyclic) bond motifs is 1. The number of rotatable bonds is 3. The van der Waals surface area contributed by atoms with E-state index in [2.05, 4.69) is 10.3 Å². The molecule has 0 radical (unpaired) electrons. The molecular weight excluding hydrogens is 311 g/mol. The maximum absolute atomic E-state index is 13.3. The van der Waals surface area contributed by atoms with Crippen LogP contribution in [0.4, 0.5) is 10.1 Å². The topological polar surface area (TPSA) is 65.3 Å². The number of amides is 2. The van der Waals surface area contributed by atoms with Crippen molar-refractivity contribution in [2.45, 2.75) is 18.6 Å². The second-order valence-electron chi connectivity index (χ2n) is 5.67. The molecule has 0 aliphatic carbocycles. The highest BCUT2D eigenvalue weighted by atomic mass is 19.1. The van der Waals surface area contributed by atoms with Crippen molar-refractivity contribution < 1.29 is 14.0 Å². The summed E-state index contributed by atoms with van der Waals surface area (Å²) >= 11 is 0. The van der Waals surface area contributed by atoms with Gasteiger partial charge in [0.25, 0.3) is 11.8 Å². The molecule has 1 saturated heterocycles. The molecule has 0 spiro atoms. The second kappa shape index (κ2) is 5.52. The van der Waals surface area contributed by atoms with Crippen LogP contribution in [0.2, 0.25) is 0 Å². The van der Waals surface area contributed by atoms with E-state index >= 15 is 0 Å². The molecule has 24 heavy (non-hydrogen) atoms. The number of benzene rings is 2. The van der Waals surface area contributed by atoms with Crippen molar-refractivity contribution in [2.75, 3.05) is 4.90 Å². The Morgan fingerprint density at radius 1 is 1.00 bits per heavy atom. The van der Waals surface area contributed by atoms with Crippen LogP contribution in [-0.2, 0) is 16.1 Å². The number of carbonyl (C=O) groups is 2. The summed E-state index contributed by atoms with van der Waals surface area (Å²) in [6.45, 7) is 0.212. The predicted octanol–water partition coefficient (Wildman–Crippen LogP) is 2.32. The minimum atomic E-state index is -0.841. The van der Waals surface area contributed by atoms with Gasteiger partial charge in [-0.15, -0.1) is 0 Å². The summed E-state index contributed by atoms with van der Waals surface area (Å²) in [7, 11) is 0. The van der Waals surface area contributed by atoms with Gasteiger partial charge in [0.15, 0.2) is 12.1 Å². The molecule has 2 amide bonds. The van der Waals surface area contributed by atoms with Crippen molar-refractivity contribution in [1.29, 1.82) is 0 Å². The van der Waals surface area contributed by atoms with E-state index in [-0.39, 0.29) is 24.2 Å². The number of hydrogen-bond acceptors (Lipinski definition) is 5. The van der Waals surface area contributed by atoms with Crippen molar-refractivity contribution >= 4 is 17.5 Å². The fourth-order valence-electron chi connectivity index (χ4n) is 3.01. The number of nitrogens with zero attached hydrogens (tertiary/aromatic N) is 4. The van der Waals surface area contributed by atoms with Crippen LogP contribution in [0, 0.1) is 5.82 Å². The van der Waals surface area contributed by atoms with Gasteiger partial charge in [-0.25, -0.2) is 9.29 Å². The molecule has 0 bridgehead atoms. The van der Waals surface area contributed by atoms with Gasteiger partial charge in [0, 0.05) is 0 Å². The molecule has 120 valence electrons. The number of halogens is 1. The summed E-state index contributed by atoms with van der Waals surface area (Å²) < 4.78 is 13.3. The number of carbonyl (C=O) groups excluding carboxylic acids is 2. The van der Waals surface area contributed by atoms with Crippen molar-refractivity contribution in [1.82, 2.24) is 5.01 Å². The van der Waals surface area contributed by atoms with E-state index in [1.54, 1.807) is 36.4 Å². The van der Waals surface area contributed by atoms with Gasteiger partial charge < -0.3 is 0 Å². The van der Waals surface area contributed by atoms with Crippen LogP contribution in [0.15, 0.2) is 64.9 Å². The minimum Gasteiger partial charge on any atom is -0.271 e. The zero-order valence-electron chi connectivity index (χ0n) is 12.5. The number of para-hydroxylation sites is 1. The van der Waals surface area contributed by atoms with E-state index in [9.17, 15) is 14.0 Å². The van der Waals surface area contributed by atoms with Crippen LogP contribution in [-0.4, -0.2) is 28.9 Å². The second-order valence-corrected chi connectivity index (χ2v) is 5.67. The molecule has 2 unspecified atom stereocenters. The van der Waals surface area contributed by atoms with Crippen LogP contribution >= 0.6 is 0 Å². The fourth-order valence-corrected chi connectivity index (χ4v) is 3.01. The first-order valence-corrected chi connectivity index (χ1v) is 7.50. The molecule has 6 nitrogen and oxygen atoms in total. The Bertz CT molecular complexity index is 839. The summed E-state index contributed by atoms with van der Waals surface area (Å²) in [4.78, 5) is 26.4. The lowest BCUT2D eigenvalue weighted by molar-refractivity contribution is -0.123. The third-order valence-corrected chi connectivity index (χ3v) is 4.11. The Morgan fingerprint density at radius 3 is 2.54 bits per heavy atom. The van der Waals surface area contributed by atoms with Gasteiger partial charge in [-0.3, -0.25) is 14.6 Å². The van der Waals surface area contributed by atoms with E-state index in [1.807, 2.05) is 6.07 Å². The molecule has 2 aliphatic rings. The SMILES string of the molecule is O=C1C2N=NN(Cc3cccc(F)c3)C2C(=O)N1c1ccccc1. The molecule has 0 N–H and O–H groups in total. The Balaban J connectivity index is 1.61. The van der Waals surface area contributed by atoms with E-state index in [0.29, 0.717) is 11.3 Å². The third kappa shape index (κ3) is 2.25. The van der Waals surface area contributed by atoms with E-state index in [0.717, 1.165) is 4.90 Å². The van der Waals surface area contributed by atoms with Crippen molar-refractivity contribution in [3.8, 4) is 0 Å². The molecule has 2 atom stereocenters. The normalized spacial score (nSPS) is 22.4. The van der Waals surface area contributed by atoms with Gasteiger partial charge in [0.05, 0.1) is 12.2 Å². The molecule has 2 heterocycles. The molecule has 4 rings (SSSR count). The maximum atomic E-state index is 13.3. The highest BCUT2D eigenvalue weighted by molar-refractivity contribution is 6.25. The van der Waals surface area contributed by atoms with E-state index in [1.165, 1.54) is 17.1 Å². The van der Waals surface area contributed by atoms with Gasteiger partial charge in [-0.2, -0.15) is 5.11 Å². The van der Waals surface area contributed by atoms with Crippen LogP contribution in [0.5, 0.6) is 0 Å². The fraction of sp³-hybridized carbons (Fsp3) is 0.176. The quantitative estimate of drug-likeness (QED) is 0.814. The summed E-state index contributed by atoms with van der Waals surface area (Å²) in [5.74, 6) is -1.11. The lowest BCUT2D eigenvalue weighted by atomic mass is 10.1. The van der Waals surface area contributed by atoms with Crippen LogP contribution in [0.1, 0.15) is 5.56 Å². The number of anilines is 1. The van der Waals surface area contributed by atoms with E-state index in [4.69, 9.17) is 0 Å². The lowest BCUT2D eigenvalue weighted by Crippen LogP contribution is -2.39. The zero-order chi connectivity index (χ0) is 16.7. The minimum absolute atomic E-state index is 0.212. The first kappa shape index (κ1) is 14.5. The summed E-state index contributed by atoms with van der Waals surface area (Å²) in [5.41, 5.74) is 1.18. The Hall–Kier alpha value is -3.09. The zero-order valence-corrected chi connectivity index (χ0v) is 12.5. The van der Waals surface area contributed by atoms with Crippen LogP contribution in [0.25, 0.3) is 0 Å².